The standard InChI is InChI=1S/C17H13ClNO.BrH/c18-16-7-5-14(6-8-16)17(20)12-19-10-9-13-3-1-2-4-15(13)11-19;/h1-11H,12H2;1H/q+1;. The molecule has 1 aromatic heterocycles. The van der Waals surface area contributed by atoms with E-state index in [0.29, 0.717) is 17.1 Å². The molecule has 0 aliphatic heterocycles. The summed E-state index contributed by atoms with van der Waals surface area (Å²) >= 11 is 5.83. The molecule has 106 valence electrons. The van der Waals surface area contributed by atoms with E-state index >= 15 is 0 Å². The van der Waals surface area contributed by atoms with Gasteiger partial charge < -0.3 is 0 Å². The van der Waals surface area contributed by atoms with E-state index in [4.69, 9.17) is 11.6 Å². The molecule has 0 spiro atoms. The number of carbonyl (C=O) groups is 1. The minimum Gasteiger partial charge on any atom is -0.287 e. The van der Waals surface area contributed by atoms with Crippen LogP contribution in [0.15, 0.2) is 67.0 Å². The van der Waals surface area contributed by atoms with E-state index < -0.39 is 0 Å². The summed E-state index contributed by atoms with van der Waals surface area (Å²) in [6.45, 7) is 0.326. The summed E-state index contributed by atoms with van der Waals surface area (Å²) in [6, 6.07) is 17.1. The predicted molar refractivity (Wildman–Crippen MR) is 90.2 cm³/mol. The van der Waals surface area contributed by atoms with Crippen molar-refractivity contribution in [1.29, 1.82) is 0 Å². The molecule has 0 aliphatic rings. The van der Waals surface area contributed by atoms with E-state index in [0.717, 1.165) is 5.39 Å². The molecule has 3 aromatic rings. The molecular weight excluding hydrogens is 350 g/mol. The maximum Gasteiger partial charge on any atom is 0.227 e. The van der Waals surface area contributed by atoms with Crippen molar-refractivity contribution in [3.05, 3.63) is 77.6 Å². The van der Waals surface area contributed by atoms with Gasteiger partial charge in [0.05, 0.1) is 0 Å². The molecule has 3 rings (SSSR count). The van der Waals surface area contributed by atoms with Crippen LogP contribution >= 0.6 is 28.6 Å². The Balaban J connectivity index is 0.00000161. The minimum atomic E-state index is 0. The van der Waals surface area contributed by atoms with Crippen molar-refractivity contribution in [2.45, 2.75) is 6.54 Å². The average Bonchev–Trinajstić information content (AvgIpc) is 2.48. The molecule has 0 fully saturated rings. The van der Waals surface area contributed by atoms with Gasteiger partial charge in [0.2, 0.25) is 12.3 Å². The third kappa shape index (κ3) is 3.69. The van der Waals surface area contributed by atoms with Crippen molar-refractivity contribution in [1.82, 2.24) is 0 Å². The zero-order chi connectivity index (χ0) is 13.9. The SMILES string of the molecule is Br.O=C(C[n+]1ccc2ccccc2c1)c1ccc(Cl)cc1. The van der Waals surface area contributed by atoms with Crippen molar-refractivity contribution in [3.8, 4) is 0 Å². The lowest BCUT2D eigenvalue weighted by molar-refractivity contribution is -0.681. The molecule has 0 saturated heterocycles. The first-order valence-electron chi connectivity index (χ1n) is 6.39. The molecule has 0 unspecified atom stereocenters. The van der Waals surface area contributed by atoms with Gasteiger partial charge in [0.15, 0.2) is 12.4 Å². The second-order valence-corrected chi connectivity index (χ2v) is 5.11. The van der Waals surface area contributed by atoms with E-state index in [-0.39, 0.29) is 22.8 Å². The minimum absolute atomic E-state index is 0. The maximum absolute atomic E-state index is 12.2. The molecule has 0 atom stereocenters. The summed E-state index contributed by atoms with van der Waals surface area (Å²) in [5, 5.41) is 2.93. The van der Waals surface area contributed by atoms with Crippen LogP contribution in [0.3, 0.4) is 0 Å². The van der Waals surface area contributed by atoms with Gasteiger partial charge in [0, 0.05) is 22.0 Å². The number of carbonyl (C=O) groups excluding carboxylic acids is 1. The number of halogens is 2. The Morgan fingerprint density at radius 3 is 2.33 bits per heavy atom. The Morgan fingerprint density at radius 1 is 0.952 bits per heavy atom. The number of Topliss-reactive ketones (excluding diaryl/α,β-unsaturated/α-hetero) is 1. The van der Waals surface area contributed by atoms with Crippen LogP contribution in [0.5, 0.6) is 0 Å². The largest absolute Gasteiger partial charge is 0.287 e. The molecular formula is C17H14BrClNO+. The highest BCUT2D eigenvalue weighted by atomic mass is 79.9. The Labute approximate surface area is 138 Å². The molecule has 0 N–H and O–H groups in total. The number of hydrogen-bond acceptors (Lipinski definition) is 1. The summed E-state index contributed by atoms with van der Waals surface area (Å²) in [5.74, 6) is 0.0712. The lowest BCUT2D eigenvalue weighted by atomic mass is 10.1. The van der Waals surface area contributed by atoms with Crippen LogP contribution in [-0.2, 0) is 6.54 Å². The summed E-state index contributed by atoms with van der Waals surface area (Å²) < 4.78 is 1.90. The van der Waals surface area contributed by atoms with Gasteiger partial charge in [0.25, 0.3) is 0 Å². The number of pyridine rings is 1. The molecule has 2 nitrogen and oxygen atoms in total. The average molecular weight is 364 g/mol. The quantitative estimate of drug-likeness (QED) is 0.503. The lowest BCUT2D eigenvalue weighted by Crippen LogP contribution is -2.37. The second kappa shape index (κ2) is 6.83. The Bertz CT molecular complexity index is 771. The van der Waals surface area contributed by atoms with Gasteiger partial charge >= 0.3 is 0 Å². The van der Waals surface area contributed by atoms with E-state index in [2.05, 4.69) is 6.07 Å². The zero-order valence-corrected chi connectivity index (χ0v) is 13.7. The molecule has 0 bridgehead atoms. The third-order valence-corrected chi connectivity index (χ3v) is 3.49. The van der Waals surface area contributed by atoms with Crippen LogP contribution < -0.4 is 4.57 Å². The van der Waals surface area contributed by atoms with Crippen LogP contribution in [0.2, 0.25) is 5.02 Å². The fraction of sp³-hybridized carbons (Fsp3) is 0.0588. The van der Waals surface area contributed by atoms with Crippen LogP contribution in [0.4, 0.5) is 0 Å². The Kier molecular flexibility index (Phi) is 5.10. The van der Waals surface area contributed by atoms with Crippen molar-refractivity contribution < 1.29 is 9.36 Å². The topological polar surface area (TPSA) is 20.9 Å². The molecule has 1 heterocycles. The van der Waals surface area contributed by atoms with Crippen molar-refractivity contribution >= 4 is 45.1 Å². The summed E-state index contributed by atoms with van der Waals surface area (Å²) in [5.41, 5.74) is 0.676. The smallest absolute Gasteiger partial charge is 0.227 e. The number of ketones is 1. The monoisotopic (exact) mass is 362 g/mol. The highest BCUT2D eigenvalue weighted by molar-refractivity contribution is 8.93. The van der Waals surface area contributed by atoms with Gasteiger partial charge in [-0.1, -0.05) is 29.8 Å². The first kappa shape index (κ1) is 15.7. The number of hydrogen-bond donors (Lipinski definition) is 0. The Hall–Kier alpha value is -1.71. The van der Waals surface area contributed by atoms with Gasteiger partial charge in [-0.05, 0) is 35.7 Å². The van der Waals surface area contributed by atoms with Crippen LogP contribution in [0, 0.1) is 0 Å². The van der Waals surface area contributed by atoms with Gasteiger partial charge in [-0.15, -0.1) is 17.0 Å². The number of nitrogens with zero attached hydrogens (tertiary/aromatic N) is 1. The van der Waals surface area contributed by atoms with Gasteiger partial charge in [-0.2, -0.15) is 4.57 Å². The van der Waals surface area contributed by atoms with E-state index in [1.54, 1.807) is 24.3 Å². The zero-order valence-electron chi connectivity index (χ0n) is 11.2. The van der Waals surface area contributed by atoms with Crippen LogP contribution in [-0.4, -0.2) is 5.78 Å². The number of aromatic nitrogens is 1. The van der Waals surface area contributed by atoms with Crippen molar-refractivity contribution in [2.24, 2.45) is 0 Å². The first-order valence-corrected chi connectivity index (χ1v) is 6.77. The number of rotatable bonds is 3. The second-order valence-electron chi connectivity index (χ2n) is 4.68. The first-order chi connectivity index (χ1) is 9.72. The van der Waals surface area contributed by atoms with Crippen molar-refractivity contribution in [2.75, 3.05) is 0 Å². The summed E-state index contributed by atoms with van der Waals surface area (Å²) in [6.07, 6.45) is 3.92. The molecule has 0 radical (unpaired) electrons. The molecule has 0 saturated carbocycles. The highest BCUT2D eigenvalue weighted by Gasteiger charge is 2.12. The van der Waals surface area contributed by atoms with Crippen LogP contribution in [0.1, 0.15) is 10.4 Å². The normalized spacial score (nSPS) is 10.1. The van der Waals surface area contributed by atoms with E-state index in [1.807, 2.05) is 41.2 Å². The molecule has 0 aliphatic carbocycles. The van der Waals surface area contributed by atoms with Crippen molar-refractivity contribution in [3.63, 3.8) is 0 Å². The number of fused-ring (bicyclic) bond motifs is 1. The van der Waals surface area contributed by atoms with E-state index in [1.165, 1.54) is 5.39 Å². The highest BCUT2D eigenvalue weighted by Crippen LogP contribution is 2.11. The molecule has 4 heteroatoms. The molecule has 2 aromatic carbocycles. The molecule has 0 amide bonds. The fourth-order valence-corrected chi connectivity index (χ4v) is 2.30. The van der Waals surface area contributed by atoms with Crippen LogP contribution in [0.25, 0.3) is 10.8 Å². The summed E-state index contributed by atoms with van der Waals surface area (Å²) in [4.78, 5) is 12.2. The molecule has 21 heavy (non-hydrogen) atoms. The van der Waals surface area contributed by atoms with Gasteiger partial charge in [-0.25, -0.2) is 0 Å². The van der Waals surface area contributed by atoms with E-state index in [9.17, 15) is 4.79 Å². The lowest BCUT2D eigenvalue weighted by Gasteiger charge is -2.00. The van der Waals surface area contributed by atoms with Gasteiger partial charge in [0.1, 0.15) is 0 Å². The maximum atomic E-state index is 12.2. The number of benzene rings is 2. The third-order valence-electron chi connectivity index (χ3n) is 3.24. The predicted octanol–water partition coefficient (Wildman–Crippen LogP) is 4.24. The summed E-state index contributed by atoms with van der Waals surface area (Å²) in [7, 11) is 0. The van der Waals surface area contributed by atoms with Gasteiger partial charge in [-0.3, -0.25) is 4.79 Å². The fourth-order valence-electron chi connectivity index (χ4n) is 2.17. The Morgan fingerprint density at radius 2 is 1.62 bits per heavy atom.